The molecular formula is C11H15BrO2S. The summed E-state index contributed by atoms with van der Waals surface area (Å²) >= 11 is 5.12. The molecule has 2 nitrogen and oxygen atoms in total. The molecule has 1 aromatic heterocycles. The highest BCUT2D eigenvalue weighted by Gasteiger charge is 2.43. The van der Waals surface area contributed by atoms with Crippen LogP contribution in [0.3, 0.4) is 0 Å². The van der Waals surface area contributed by atoms with Gasteiger partial charge in [-0.25, -0.2) is 0 Å². The van der Waals surface area contributed by atoms with Crippen molar-refractivity contribution in [3.63, 3.8) is 0 Å². The summed E-state index contributed by atoms with van der Waals surface area (Å²) in [7, 11) is 0. The molecule has 0 unspecified atom stereocenters. The molecule has 1 aromatic rings. The third-order valence-corrected chi connectivity index (χ3v) is 4.37. The molecule has 84 valence electrons. The van der Waals surface area contributed by atoms with Gasteiger partial charge in [0.05, 0.1) is 15.5 Å². The fraction of sp³-hybridized carbons (Fsp3) is 0.636. The van der Waals surface area contributed by atoms with Gasteiger partial charge in [-0.1, -0.05) is 0 Å². The van der Waals surface area contributed by atoms with E-state index < -0.39 is 5.60 Å². The number of thiophene rings is 1. The summed E-state index contributed by atoms with van der Waals surface area (Å²) in [5, 5.41) is 10.2. The maximum atomic E-state index is 10.2. The van der Waals surface area contributed by atoms with Crippen molar-refractivity contribution in [2.45, 2.75) is 37.9 Å². The summed E-state index contributed by atoms with van der Waals surface area (Å²) in [5.74, 6) is 0. The Morgan fingerprint density at radius 3 is 2.87 bits per heavy atom. The normalized spacial score (nSPS) is 30.2. The molecule has 2 rings (SSSR count). The summed E-state index contributed by atoms with van der Waals surface area (Å²) < 4.78 is 6.58. The van der Waals surface area contributed by atoms with Crippen LogP contribution in [0.4, 0.5) is 0 Å². The van der Waals surface area contributed by atoms with Gasteiger partial charge in [0.25, 0.3) is 0 Å². The van der Waals surface area contributed by atoms with E-state index in [1.165, 1.54) is 4.88 Å². The zero-order valence-corrected chi connectivity index (χ0v) is 11.1. The molecule has 1 aliphatic carbocycles. The Bertz CT molecular complexity index is 331. The van der Waals surface area contributed by atoms with Gasteiger partial charge in [0.15, 0.2) is 0 Å². The second-order valence-corrected chi connectivity index (χ2v) is 6.64. The number of rotatable bonds is 4. The van der Waals surface area contributed by atoms with E-state index in [1.54, 1.807) is 11.3 Å². The smallest absolute Gasteiger partial charge is 0.0745 e. The number of halogens is 1. The van der Waals surface area contributed by atoms with Gasteiger partial charge in [-0.3, -0.25) is 0 Å². The molecular weight excluding hydrogens is 276 g/mol. The highest BCUT2D eigenvalue weighted by atomic mass is 79.9. The summed E-state index contributed by atoms with van der Waals surface area (Å²) in [5.41, 5.74) is -0.524. The zero-order valence-electron chi connectivity index (χ0n) is 8.70. The largest absolute Gasteiger partial charge is 0.389 e. The minimum Gasteiger partial charge on any atom is -0.389 e. The van der Waals surface area contributed by atoms with Crippen molar-refractivity contribution in [1.29, 1.82) is 0 Å². The molecule has 0 bridgehead atoms. The van der Waals surface area contributed by atoms with Gasteiger partial charge in [-0.15, -0.1) is 11.3 Å². The van der Waals surface area contributed by atoms with E-state index in [9.17, 15) is 5.11 Å². The maximum Gasteiger partial charge on any atom is 0.0745 e. The van der Waals surface area contributed by atoms with Crippen LogP contribution >= 0.6 is 27.3 Å². The summed E-state index contributed by atoms with van der Waals surface area (Å²) in [6.07, 6.45) is 2.57. The first-order valence-electron chi connectivity index (χ1n) is 5.19. The SMILES string of the molecule is CCOC1CC(O)(Cc2ccc(Br)s2)C1. The van der Waals surface area contributed by atoms with E-state index in [-0.39, 0.29) is 6.10 Å². The minimum atomic E-state index is -0.524. The molecule has 0 spiro atoms. The number of aliphatic hydroxyl groups is 1. The first-order chi connectivity index (χ1) is 7.11. The standard InChI is InChI=1S/C11H15BrO2S/c1-2-14-8-5-11(13,6-8)7-9-3-4-10(12)15-9/h3-4,8,13H,2,5-7H2,1H3. The average Bonchev–Trinajstić information content (AvgIpc) is 2.49. The molecule has 1 fully saturated rings. The maximum absolute atomic E-state index is 10.2. The van der Waals surface area contributed by atoms with Crippen molar-refractivity contribution in [2.75, 3.05) is 6.61 Å². The van der Waals surface area contributed by atoms with E-state index >= 15 is 0 Å². The van der Waals surface area contributed by atoms with E-state index in [1.807, 2.05) is 13.0 Å². The third-order valence-electron chi connectivity index (χ3n) is 2.75. The van der Waals surface area contributed by atoms with Crippen molar-refractivity contribution in [2.24, 2.45) is 0 Å². The van der Waals surface area contributed by atoms with Crippen molar-refractivity contribution in [3.8, 4) is 0 Å². The molecule has 0 aromatic carbocycles. The van der Waals surface area contributed by atoms with Gasteiger partial charge in [0.2, 0.25) is 0 Å². The highest BCUT2D eigenvalue weighted by Crippen LogP contribution is 2.38. The molecule has 0 atom stereocenters. The Labute approximate surface area is 102 Å². The second kappa shape index (κ2) is 4.53. The second-order valence-electron chi connectivity index (χ2n) is 4.09. The van der Waals surface area contributed by atoms with Crippen LogP contribution in [-0.2, 0) is 11.2 Å². The fourth-order valence-corrected chi connectivity index (χ4v) is 3.68. The van der Waals surface area contributed by atoms with Crippen LogP contribution in [0.15, 0.2) is 15.9 Å². The molecule has 1 heterocycles. The van der Waals surface area contributed by atoms with Gasteiger partial charge < -0.3 is 9.84 Å². The minimum absolute atomic E-state index is 0.267. The Morgan fingerprint density at radius 1 is 1.60 bits per heavy atom. The first kappa shape index (κ1) is 11.6. The number of ether oxygens (including phenoxy) is 1. The molecule has 1 saturated carbocycles. The van der Waals surface area contributed by atoms with E-state index in [4.69, 9.17) is 4.74 Å². The summed E-state index contributed by atoms with van der Waals surface area (Å²) in [6.45, 7) is 2.74. The first-order valence-corrected chi connectivity index (χ1v) is 6.80. The van der Waals surface area contributed by atoms with Crippen LogP contribution < -0.4 is 0 Å². The van der Waals surface area contributed by atoms with Gasteiger partial charge >= 0.3 is 0 Å². The van der Waals surface area contributed by atoms with Crippen LogP contribution in [0.1, 0.15) is 24.6 Å². The highest BCUT2D eigenvalue weighted by molar-refractivity contribution is 9.11. The fourth-order valence-electron chi connectivity index (χ4n) is 2.06. The van der Waals surface area contributed by atoms with Crippen LogP contribution in [-0.4, -0.2) is 23.4 Å². The van der Waals surface area contributed by atoms with Gasteiger partial charge in [-0.2, -0.15) is 0 Å². The number of hydrogen-bond acceptors (Lipinski definition) is 3. The van der Waals surface area contributed by atoms with Crippen molar-refractivity contribution >= 4 is 27.3 Å². The molecule has 0 aliphatic heterocycles. The van der Waals surface area contributed by atoms with Gasteiger partial charge in [-0.05, 0) is 35.0 Å². The zero-order chi connectivity index (χ0) is 10.9. The van der Waals surface area contributed by atoms with Crippen LogP contribution in [0.5, 0.6) is 0 Å². The predicted octanol–water partition coefficient (Wildman–Crippen LogP) is 2.98. The quantitative estimate of drug-likeness (QED) is 0.924. The lowest BCUT2D eigenvalue weighted by atomic mass is 9.75. The predicted molar refractivity (Wildman–Crippen MR) is 65.3 cm³/mol. The Kier molecular flexibility index (Phi) is 3.50. The van der Waals surface area contributed by atoms with Gasteiger partial charge in [0.1, 0.15) is 0 Å². The average molecular weight is 291 g/mol. The summed E-state index contributed by atoms with van der Waals surface area (Å²) in [6, 6.07) is 4.10. The Morgan fingerprint density at radius 2 is 2.33 bits per heavy atom. The molecule has 0 saturated heterocycles. The number of hydrogen-bond donors (Lipinski definition) is 1. The Hall–Kier alpha value is 0.1000. The van der Waals surface area contributed by atoms with Crippen LogP contribution in [0.25, 0.3) is 0 Å². The van der Waals surface area contributed by atoms with Gasteiger partial charge in [0, 0.05) is 30.7 Å². The third kappa shape index (κ3) is 2.81. The molecule has 15 heavy (non-hydrogen) atoms. The molecule has 4 heteroatoms. The molecule has 1 aliphatic rings. The lowest BCUT2D eigenvalue weighted by Gasteiger charge is -2.43. The summed E-state index contributed by atoms with van der Waals surface area (Å²) in [4.78, 5) is 1.24. The van der Waals surface area contributed by atoms with Crippen molar-refractivity contribution < 1.29 is 9.84 Å². The van der Waals surface area contributed by atoms with Crippen LogP contribution in [0.2, 0.25) is 0 Å². The molecule has 0 amide bonds. The lowest BCUT2D eigenvalue weighted by molar-refractivity contribution is -0.135. The van der Waals surface area contributed by atoms with E-state index in [0.29, 0.717) is 0 Å². The lowest BCUT2D eigenvalue weighted by Crippen LogP contribution is -2.49. The van der Waals surface area contributed by atoms with E-state index in [2.05, 4.69) is 22.0 Å². The molecule has 0 radical (unpaired) electrons. The Balaban J connectivity index is 1.86. The molecule has 1 N–H and O–H groups in total. The van der Waals surface area contributed by atoms with Crippen LogP contribution in [0, 0.1) is 0 Å². The van der Waals surface area contributed by atoms with Crippen molar-refractivity contribution in [3.05, 3.63) is 20.8 Å². The monoisotopic (exact) mass is 290 g/mol. The van der Waals surface area contributed by atoms with Crippen molar-refractivity contribution in [1.82, 2.24) is 0 Å². The van der Waals surface area contributed by atoms with E-state index in [0.717, 1.165) is 29.7 Å². The topological polar surface area (TPSA) is 29.5 Å².